The number of nitrogens with one attached hydrogen (secondary N) is 2. The van der Waals surface area contributed by atoms with E-state index in [2.05, 4.69) is 54.8 Å². The van der Waals surface area contributed by atoms with Crippen molar-refractivity contribution >= 4 is 27.3 Å². The van der Waals surface area contributed by atoms with Crippen molar-refractivity contribution in [2.45, 2.75) is 26.4 Å². The highest BCUT2D eigenvalue weighted by Crippen LogP contribution is 2.28. The van der Waals surface area contributed by atoms with E-state index in [0.717, 1.165) is 16.1 Å². The lowest BCUT2D eigenvalue weighted by Crippen LogP contribution is -2.18. The molecule has 2 aromatic rings. The van der Waals surface area contributed by atoms with E-state index in [9.17, 15) is 0 Å². The maximum absolute atomic E-state index is 4.25. The van der Waals surface area contributed by atoms with Crippen molar-refractivity contribution in [3.63, 3.8) is 0 Å². The third kappa shape index (κ3) is 2.69. The molecule has 0 bridgehead atoms. The summed E-state index contributed by atoms with van der Waals surface area (Å²) in [6.07, 6.45) is 0. The van der Waals surface area contributed by atoms with Gasteiger partial charge in [-0.15, -0.1) is 11.3 Å². The number of aryl methyl sites for hydroxylation is 1. The van der Waals surface area contributed by atoms with Crippen LogP contribution in [-0.4, -0.2) is 15.2 Å². The lowest BCUT2D eigenvalue weighted by Gasteiger charge is -2.11. The summed E-state index contributed by atoms with van der Waals surface area (Å²) in [5.41, 5.74) is 0. The van der Waals surface area contributed by atoms with Crippen LogP contribution < -0.4 is 5.32 Å². The first-order chi connectivity index (χ1) is 7.66. The average molecular weight is 301 g/mol. The molecule has 0 amide bonds. The zero-order chi connectivity index (χ0) is 11.5. The number of aromatic nitrogens is 3. The fraction of sp³-hybridized carbons (Fsp3) is 0.400. The van der Waals surface area contributed by atoms with E-state index < -0.39 is 0 Å². The van der Waals surface area contributed by atoms with Crippen molar-refractivity contribution < 1.29 is 0 Å². The van der Waals surface area contributed by atoms with Crippen LogP contribution in [0.15, 0.2) is 15.9 Å². The van der Waals surface area contributed by atoms with Gasteiger partial charge in [0.1, 0.15) is 5.82 Å². The van der Waals surface area contributed by atoms with Crippen molar-refractivity contribution in [1.82, 2.24) is 20.5 Å². The van der Waals surface area contributed by atoms with E-state index in [1.54, 1.807) is 11.3 Å². The monoisotopic (exact) mass is 300 g/mol. The fourth-order valence-electron chi connectivity index (χ4n) is 1.42. The van der Waals surface area contributed by atoms with Crippen LogP contribution in [0.2, 0.25) is 0 Å². The molecule has 0 aromatic carbocycles. The largest absolute Gasteiger partial charge is 0.302 e. The smallest absolute Gasteiger partial charge is 0.164 e. The highest BCUT2D eigenvalue weighted by Gasteiger charge is 2.11. The third-order valence-corrected chi connectivity index (χ3v) is 4.30. The van der Waals surface area contributed by atoms with Gasteiger partial charge in [0.25, 0.3) is 0 Å². The van der Waals surface area contributed by atoms with Crippen LogP contribution in [0.3, 0.4) is 0 Å². The van der Waals surface area contributed by atoms with Crippen molar-refractivity contribution in [2.75, 3.05) is 0 Å². The van der Waals surface area contributed by atoms with Gasteiger partial charge >= 0.3 is 0 Å². The molecule has 86 valence electrons. The first kappa shape index (κ1) is 11.8. The van der Waals surface area contributed by atoms with Crippen LogP contribution in [0.25, 0.3) is 0 Å². The molecule has 4 nitrogen and oxygen atoms in total. The topological polar surface area (TPSA) is 53.6 Å². The van der Waals surface area contributed by atoms with Crippen LogP contribution in [0, 0.1) is 6.92 Å². The van der Waals surface area contributed by atoms with Gasteiger partial charge in [0, 0.05) is 15.4 Å². The Morgan fingerprint density at radius 3 is 3.00 bits per heavy atom. The minimum absolute atomic E-state index is 0.299. The van der Waals surface area contributed by atoms with Crippen LogP contribution in [0.4, 0.5) is 0 Å². The second-order valence-corrected chi connectivity index (χ2v) is 5.37. The molecule has 16 heavy (non-hydrogen) atoms. The molecule has 2 N–H and O–H groups in total. The second-order valence-electron chi connectivity index (χ2n) is 3.57. The third-order valence-electron chi connectivity index (χ3n) is 2.25. The number of hydrogen-bond donors (Lipinski definition) is 2. The maximum atomic E-state index is 4.25. The number of aromatic amines is 1. The minimum Gasteiger partial charge on any atom is -0.302 e. The van der Waals surface area contributed by atoms with Crippen molar-refractivity contribution in [2.24, 2.45) is 0 Å². The molecule has 0 saturated carbocycles. The van der Waals surface area contributed by atoms with E-state index >= 15 is 0 Å². The lowest BCUT2D eigenvalue weighted by atomic mass is 10.3. The Balaban J connectivity index is 1.93. The van der Waals surface area contributed by atoms with Crippen LogP contribution in [-0.2, 0) is 6.54 Å². The van der Waals surface area contributed by atoms with Gasteiger partial charge in [-0.25, -0.2) is 4.98 Å². The summed E-state index contributed by atoms with van der Waals surface area (Å²) in [6.45, 7) is 4.71. The van der Waals surface area contributed by atoms with Crippen LogP contribution in [0.5, 0.6) is 0 Å². The molecule has 2 rings (SSSR count). The van der Waals surface area contributed by atoms with Crippen molar-refractivity contribution in [3.05, 3.63) is 32.4 Å². The Labute approximate surface area is 107 Å². The van der Waals surface area contributed by atoms with Gasteiger partial charge in [-0.1, -0.05) is 0 Å². The van der Waals surface area contributed by atoms with Gasteiger partial charge in [0.05, 0.1) is 6.54 Å². The van der Waals surface area contributed by atoms with Gasteiger partial charge in [-0.2, -0.15) is 5.10 Å². The highest BCUT2D eigenvalue weighted by molar-refractivity contribution is 9.10. The van der Waals surface area contributed by atoms with Gasteiger partial charge in [0.15, 0.2) is 5.82 Å². The van der Waals surface area contributed by atoms with Crippen molar-refractivity contribution in [3.8, 4) is 0 Å². The van der Waals surface area contributed by atoms with Crippen LogP contribution >= 0.6 is 27.3 Å². The van der Waals surface area contributed by atoms with Crippen molar-refractivity contribution in [1.29, 1.82) is 0 Å². The van der Waals surface area contributed by atoms with Gasteiger partial charge < -0.3 is 5.32 Å². The Bertz CT molecular complexity index is 465. The molecule has 0 aliphatic carbocycles. The quantitative estimate of drug-likeness (QED) is 0.913. The first-order valence-corrected chi connectivity index (χ1v) is 6.68. The molecule has 0 aliphatic rings. The molecule has 6 heteroatoms. The molecule has 2 aromatic heterocycles. The number of rotatable bonds is 4. The summed E-state index contributed by atoms with van der Waals surface area (Å²) >= 11 is 5.27. The maximum Gasteiger partial charge on any atom is 0.164 e. The number of thiophene rings is 1. The molecule has 2 heterocycles. The molecular formula is C10H13BrN4S. The normalized spacial score (nSPS) is 12.9. The predicted octanol–water partition coefficient (Wildman–Crippen LogP) is 2.79. The standard InChI is InChI=1S/C10H13BrN4S/c1-6(10-8(11)3-4-16-10)12-5-9-13-7(2)14-15-9/h3-4,6,12H,5H2,1-2H3,(H,13,14,15). The van der Waals surface area contributed by atoms with Crippen LogP contribution in [0.1, 0.15) is 29.5 Å². The molecule has 0 saturated heterocycles. The van der Waals surface area contributed by atoms with E-state index in [4.69, 9.17) is 0 Å². The molecule has 1 unspecified atom stereocenters. The Morgan fingerprint density at radius 1 is 1.62 bits per heavy atom. The Kier molecular flexibility index (Phi) is 3.73. The summed E-state index contributed by atoms with van der Waals surface area (Å²) < 4.78 is 1.16. The summed E-state index contributed by atoms with van der Waals surface area (Å²) in [4.78, 5) is 5.55. The highest BCUT2D eigenvalue weighted by atomic mass is 79.9. The van der Waals surface area contributed by atoms with Gasteiger partial charge in [0.2, 0.25) is 0 Å². The summed E-state index contributed by atoms with van der Waals surface area (Å²) in [5, 5.41) is 12.4. The van der Waals surface area contributed by atoms with Gasteiger partial charge in [-0.3, -0.25) is 5.10 Å². The Hall–Kier alpha value is -0.720. The summed E-state index contributed by atoms with van der Waals surface area (Å²) in [5.74, 6) is 1.65. The molecular weight excluding hydrogens is 288 g/mol. The SMILES string of the molecule is Cc1nc(CNC(C)c2sccc2Br)n[nH]1. The minimum atomic E-state index is 0.299. The Morgan fingerprint density at radius 2 is 2.44 bits per heavy atom. The summed E-state index contributed by atoms with van der Waals surface area (Å²) in [7, 11) is 0. The molecule has 1 atom stereocenters. The number of hydrogen-bond acceptors (Lipinski definition) is 4. The zero-order valence-corrected chi connectivity index (χ0v) is 11.5. The molecule has 0 radical (unpaired) electrons. The first-order valence-electron chi connectivity index (χ1n) is 5.01. The number of halogens is 1. The van der Waals surface area contributed by atoms with Gasteiger partial charge in [-0.05, 0) is 41.2 Å². The number of H-pyrrole nitrogens is 1. The number of nitrogens with zero attached hydrogens (tertiary/aromatic N) is 2. The lowest BCUT2D eigenvalue weighted by molar-refractivity contribution is 0.566. The molecule has 0 fully saturated rings. The molecule has 0 aliphatic heterocycles. The average Bonchev–Trinajstić information content (AvgIpc) is 2.84. The zero-order valence-electron chi connectivity index (χ0n) is 9.12. The van der Waals surface area contributed by atoms with E-state index in [1.165, 1.54) is 4.88 Å². The second kappa shape index (κ2) is 5.07. The fourth-order valence-corrected chi connectivity index (χ4v) is 3.17. The van der Waals surface area contributed by atoms with E-state index in [-0.39, 0.29) is 0 Å². The van der Waals surface area contributed by atoms with E-state index in [0.29, 0.717) is 12.6 Å². The van der Waals surface area contributed by atoms with E-state index in [1.807, 2.05) is 6.92 Å². The molecule has 0 spiro atoms. The summed E-state index contributed by atoms with van der Waals surface area (Å²) in [6, 6.07) is 2.36. The predicted molar refractivity (Wildman–Crippen MR) is 68.4 cm³/mol.